The van der Waals surface area contributed by atoms with Crippen LogP contribution in [0.15, 0.2) is 23.2 Å². The number of anilines is 1. The van der Waals surface area contributed by atoms with Gasteiger partial charge in [0.1, 0.15) is 0 Å². The zero-order chi connectivity index (χ0) is 13.9. The van der Waals surface area contributed by atoms with Crippen molar-refractivity contribution in [3.8, 4) is 0 Å². The molecular weight excluding hydrogens is 254 g/mol. The van der Waals surface area contributed by atoms with Gasteiger partial charge >= 0.3 is 0 Å². The first-order valence-corrected chi connectivity index (χ1v) is 7.75. The smallest absolute Gasteiger partial charge is 0.193 e. The number of nitrogens with two attached hydrogens (primary N) is 1. The number of hydrogen-bond acceptors (Lipinski definition) is 2. The van der Waals surface area contributed by atoms with E-state index in [2.05, 4.69) is 43.2 Å². The van der Waals surface area contributed by atoms with E-state index in [-0.39, 0.29) is 4.75 Å². The molecule has 1 aromatic carbocycles. The van der Waals surface area contributed by atoms with Crippen molar-refractivity contribution in [1.29, 1.82) is 0 Å². The molecular formula is C15H23N3S. The van der Waals surface area contributed by atoms with Gasteiger partial charge in [0.2, 0.25) is 0 Å². The highest BCUT2D eigenvalue weighted by atomic mass is 32.2. The molecule has 0 aliphatic carbocycles. The number of nitrogens with zero attached hydrogens (tertiary/aromatic N) is 1. The van der Waals surface area contributed by atoms with Gasteiger partial charge in [0.25, 0.3) is 0 Å². The van der Waals surface area contributed by atoms with Gasteiger partial charge in [0.15, 0.2) is 5.96 Å². The molecule has 0 saturated carbocycles. The van der Waals surface area contributed by atoms with Crippen LogP contribution in [0, 0.1) is 13.8 Å². The van der Waals surface area contributed by atoms with Gasteiger partial charge in [-0.2, -0.15) is 11.8 Å². The molecule has 1 aromatic rings. The molecule has 1 heterocycles. The minimum atomic E-state index is 0.273. The average Bonchev–Trinajstić information content (AvgIpc) is 2.79. The van der Waals surface area contributed by atoms with Crippen molar-refractivity contribution < 1.29 is 0 Å². The minimum Gasteiger partial charge on any atom is -0.370 e. The van der Waals surface area contributed by atoms with Gasteiger partial charge in [-0.05, 0) is 62.6 Å². The molecule has 1 aliphatic rings. The summed E-state index contributed by atoms with van der Waals surface area (Å²) in [6.07, 6.45) is 2.53. The Morgan fingerprint density at radius 2 is 2.21 bits per heavy atom. The monoisotopic (exact) mass is 277 g/mol. The first-order chi connectivity index (χ1) is 8.98. The summed E-state index contributed by atoms with van der Waals surface area (Å²) in [7, 11) is 0. The molecule has 0 radical (unpaired) electrons. The van der Waals surface area contributed by atoms with E-state index < -0.39 is 0 Å². The van der Waals surface area contributed by atoms with E-state index in [1.54, 1.807) is 0 Å². The summed E-state index contributed by atoms with van der Waals surface area (Å²) in [5.41, 5.74) is 9.52. The van der Waals surface area contributed by atoms with Crippen LogP contribution < -0.4 is 11.1 Å². The lowest BCUT2D eigenvalue weighted by Gasteiger charge is -2.20. The van der Waals surface area contributed by atoms with Crippen LogP contribution in [0.4, 0.5) is 5.69 Å². The Morgan fingerprint density at radius 3 is 2.84 bits per heavy atom. The second-order valence-electron chi connectivity index (χ2n) is 5.53. The molecule has 1 unspecified atom stereocenters. The lowest BCUT2D eigenvalue weighted by Crippen LogP contribution is -2.27. The number of aryl methyl sites for hydroxylation is 2. The molecule has 3 nitrogen and oxygen atoms in total. The van der Waals surface area contributed by atoms with E-state index in [0.29, 0.717) is 5.96 Å². The summed E-state index contributed by atoms with van der Waals surface area (Å²) >= 11 is 2.01. The Hall–Kier alpha value is -1.16. The Labute approximate surface area is 120 Å². The van der Waals surface area contributed by atoms with E-state index in [4.69, 9.17) is 5.73 Å². The molecule has 0 amide bonds. The lowest BCUT2D eigenvalue weighted by atomic mass is 10.1. The van der Waals surface area contributed by atoms with Gasteiger partial charge in [-0.15, -0.1) is 0 Å². The molecule has 0 bridgehead atoms. The zero-order valence-electron chi connectivity index (χ0n) is 12.0. The van der Waals surface area contributed by atoms with Crippen molar-refractivity contribution in [2.24, 2.45) is 10.7 Å². The quantitative estimate of drug-likeness (QED) is 0.658. The van der Waals surface area contributed by atoms with Gasteiger partial charge < -0.3 is 11.1 Å². The van der Waals surface area contributed by atoms with E-state index in [9.17, 15) is 0 Å². The van der Waals surface area contributed by atoms with E-state index in [0.717, 1.165) is 12.2 Å². The predicted molar refractivity (Wildman–Crippen MR) is 86.1 cm³/mol. The fourth-order valence-electron chi connectivity index (χ4n) is 2.22. The van der Waals surface area contributed by atoms with Crippen LogP contribution in [-0.4, -0.2) is 23.0 Å². The third kappa shape index (κ3) is 3.90. The predicted octanol–water partition coefficient (Wildman–Crippen LogP) is 3.32. The Bertz CT molecular complexity index is 476. The molecule has 1 aliphatic heterocycles. The van der Waals surface area contributed by atoms with E-state index in [1.165, 1.54) is 29.7 Å². The van der Waals surface area contributed by atoms with Crippen LogP contribution >= 0.6 is 11.8 Å². The van der Waals surface area contributed by atoms with Crippen LogP contribution in [0.2, 0.25) is 0 Å². The van der Waals surface area contributed by atoms with Gasteiger partial charge in [0, 0.05) is 10.4 Å². The van der Waals surface area contributed by atoms with Crippen LogP contribution in [-0.2, 0) is 0 Å². The van der Waals surface area contributed by atoms with Crippen molar-refractivity contribution in [3.05, 3.63) is 29.3 Å². The Balaban J connectivity index is 1.96. The summed E-state index contributed by atoms with van der Waals surface area (Å²) in [5, 5.41) is 3.17. The SMILES string of the molecule is Cc1ccc(NC(N)=NCC2(C)CCCS2)cc1C. The van der Waals surface area contributed by atoms with Crippen molar-refractivity contribution in [3.63, 3.8) is 0 Å². The number of aliphatic imine (C=N–C) groups is 1. The fourth-order valence-corrected chi connectivity index (χ4v) is 3.45. The van der Waals surface area contributed by atoms with Crippen LogP contribution in [0.5, 0.6) is 0 Å². The third-order valence-corrected chi connectivity index (χ3v) is 5.19. The first kappa shape index (κ1) is 14.3. The number of guanidine groups is 1. The molecule has 1 atom stereocenters. The molecule has 0 aromatic heterocycles. The number of hydrogen-bond donors (Lipinski definition) is 2. The maximum Gasteiger partial charge on any atom is 0.193 e. The Kier molecular flexibility index (Phi) is 4.40. The molecule has 2 rings (SSSR count). The van der Waals surface area contributed by atoms with E-state index in [1.807, 2.05) is 17.8 Å². The van der Waals surface area contributed by atoms with Crippen molar-refractivity contribution >= 4 is 23.4 Å². The summed E-state index contributed by atoms with van der Waals surface area (Å²) < 4.78 is 0.273. The van der Waals surface area contributed by atoms with Crippen LogP contribution in [0.3, 0.4) is 0 Å². The van der Waals surface area contributed by atoms with Crippen LogP contribution in [0.25, 0.3) is 0 Å². The number of nitrogens with one attached hydrogen (secondary N) is 1. The van der Waals surface area contributed by atoms with Gasteiger partial charge in [-0.1, -0.05) is 6.07 Å². The first-order valence-electron chi connectivity index (χ1n) is 6.77. The minimum absolute atomic E-state index is 0.273. The topological polar surface area (TPSA) is 50.4 Å². The fraction of sp³-hybridized carbons (Fsp3) is 0.533. The second-order valence-corrected chi connectivity index (χ2v) is 7.21. The zero-order valence-corrected chi connectivity index (χ0v) is 12.8. The standard InChI is InChI=1S/C15H23N3S/c1-11-5-6-13(9-12(11)2)18-14(16)17-10-15(3)7-4-8-19-15/h5-6,9H,4,7-8,10H2,1-3H3,(H3,16,17,18). The number of thioether (sulfide) groups is 1. The van der Waals surface area contributed by atoms with Gasteiger partial charge in [-0.25, -0.2) is 0 Å². The van der Waals surface area contributed by atoms with Gasteiger partial charge in [-0.3, -0.25) is 4.99 Å². The summed E-state index contributed by atoms with van der Waals surface area (Å²) in [5.74, 6) is 1.76. The normalized spacial score (nSPS) is 23.6. The highest BCUT2D eigenvalue weighted by Gasteiger charge is 2.28. The summed E-state index contributed by atoms with van der Waals surface area (Å²) in [6.45, 7) is 7.28. The molecule has 1 saturated heterocycles. The lowest BCUT2D eigenvalue weighted by molar-refractivity contribution is 0.619. The van der Waals surface area contributed by atoms with Crippen molar-refractivity contribution in [2.75, 3.05) is 17.6 Å². The molecule has 104 valence electrons. The highest BCUT2D eigenvalue weighted by Crippen LogP contribution is 2.37. The molecule has 19 heavy (non-hydrogen) atoms. The summed E-state index contributed by atoms with van der Waals surface area (Å²) in [6, 6.07) is 6.24. The molecule has 0 spiro atoms. The third-order valence-electron chi connectivity index (χ3n) is 3.66. The Morgan fingerprint density at radius 1 is 1.42 bits per heavy atom. The largest absolute Gasteiger partial charge is 0.370 e. The average molecular weight is 277 g/mol. The number of benzene rings is 1. The van der Waals surface area contributed by atoms with E-state index >= 15 is 0 Å². The highest BCUT2D eigenvalue weighted by molar-refractivity contribution is 8.00. The molecule has 4 heteroatoms. The van der Waals surface area contributed by atoms with Gasteiger partial charge in [0.05, 0.1) is 6.54 Å². The maximum absolute atomic E-state index is 5.96. The van der Waals surface area contributed by atoms with Crippen molar-refractivity contribution in [2.45, 2.75) is 38.4 Å². The maximum atomic E-state index is 5.96. The van der Waals surface area contributed by atoms with Crippen molar-refractivity contribution in [1.82, 2.24) is 0 Å². The number of rotatable bonds is 3. The second kappa shape index (κ2) is 5.87. The molecule has 1 fully saturated rings. The van der Waals surface area contributed by atoms with Crippen LogP contribution in [0.1, 0.15) is 30.9 Å². The summed E-state index contributed by atoms with van der Waals surface area (Å²) in [4.78, 5) is 4.49. The molecule has 3 N–H and O–H groups in total.